The van der Waals surface area contributed by atoms with E-state index in [0.717, 1.165) is 6.42 Å². The summed E-state index contributed by atoms with van der Waals surface area (Å²) in [4.78, 5) is 14.5. The molecule has 3 N–H and O–H groups in total. The average molecular weight is 255 g/mol. The lowest BCUT2D eigenvalue weighted by Gasteiger charge is -2.46. The van der Waals surface area contributed by atoms with Crippen LogP contribution in [0, 0.1) is 5.41 Å². The summed E-state index contributed by atoms with van der Waals surface area (Å²) in [5.74, 6) is 0.0248. The van der Waals surface area contributed by atoms with Crippen LogP contribution in [0.4, 0.5) is 0 Å². The SMILES string of the molecule is CC1CN(C(=O)C2(C(N)=NO)CCC2)C(C)CO1. The van der Waals surface area contributed by atoms with Gasteiger partial charge < -0.3 is 20.6 Å². The minimum atomic E-state index is -0.778. The number of amidine groups is 1. The van der Waals surface area contributed by atoms with E-state index in [9.17, 15) is 4.79 Å². The molecule has 102 valence electrons. The molecule has 2 unspecified atom stereocenters. The molecule has 0 bridgehead atoms. The lowest BCUT2D eigenvalue weighted by Crippen LogP contribution is -2.60. The highest BCUT2D eigenvalue weighted by molar-refractivity contribution is 6.07. The molecule has 0 aromatic heterocycles. The first kappa shape index (κ1) is 13.1. The van der Waals surface area contributed by atoms with Crippen LogP contribution in [-0.4, -0.2) is 47.1 Å². The average Bonchev–Trinajstić information content (AvgIpc) is 2.30. The van der Waals surface area contributed by atoms with E-state index in [0.29, 0.717) is 26.0 Å². The Hall–Kier alpha value is -1.30. The maximum Gasteiger partial charge on any atom is 0.236 e. The number of carbonyl (C=O) groups excluding carboxylic acids is 1. The minimum Gasteiger partial charge on any atom is -0.409 e. The molecular weight excluding hydrogens is 234 g/mol. The summed E-state index contributed by atoms with van der Waals surface area (Å²) < 4.78 is 5.52. The van der Waals surface area contributed by atoms with Crippen LogP contribution in [0.5, 0.6) is 0 Å². The van der Waals surface area contributed by atoms with Crippen molar-refractivity contribution in [2.24, 2.45) is 16.3 Å². The number of hydrogen-bond acceptors (Lipinski definition) is 4. The molecule has 2 fully saturated rings. The van der Waals surface area contributed by atoms with Gasteiger partial charge in [0, 0.05) is 6.54 Å². The maximum atomic E-state index is 12.7. The highest BCUT2D eigenvalue weighted by Gasteiger charge is 2.51. The predicted octanol–water partition coefficient (Wildman–Crippen LogP) is 0.539. The van der Waals surface area contributed by atoms with Crippen molar-refractivity contribution >= 4 is 11.7 Å². The molecule has 0 radical (unpaired) electrons. The lowest BCUT2D eigenvalue weighted by molar-refractivity contribution is -0.154. The van der Waals surface area contributed by atoms with Gasteiger partial charge in [0.15, 0.2) is 5.84 Å². The number of amides is 1. The van der Waals surface area contributed by atoms with E-state index in [-0.39, 0.29) is 23.9 Å². The Morgan fingerprint density at radius 1 is 1.50 bits per heavy atom. The van der Waals surface area contributed by atoms with Crippen molar-refractivity contribution in [1.29, 1.82) is 0 Å². The van der Waals surface area contributed by atoms with Gasteiger partial charge in [0.2, 0.25) is 5.91 Å². The molecule has 0 aromatic rings. The number of carbonyl (C=O) groups is 1. The Labute approximate surface area is 107 Å². The van der Waals surface area contributed by atoms with Crippen molar-refractivity contribution in [3.63, 3.8) is 0 Å². The normalized spacial score (nSPS) is 31.9. The van der Waals surface area contributed by atoms with Crippen LogP contribution in [0.2, 0.25) is 0 Å². The summed E-state index contributed by atoms with van der Waals surface area (Å²) in [6.45, 7) is 5.02. The molecule has 6 nitrogen and oxygen atoms in total. The van der Waals surface area contributed by atoms with E-state index in [1.807, 2.05) is 18.7 Å². The first-order valence-electron chi connectivity index (χ1n) is 6.42. The number of ether oxygens (including phenoxy) is 1. The van der Waals surface area contributed by atoms with Crippen LogP contribution < -0.4 is 5.73 Å². The fourth-order valence-electron chi connectivity index (χ4n) is 2.67. The van der Waals surface area contributed by atoms with Gasteiger partial charge in [-0.15, -0.1) is 0 Å². The van der Waals surface area contributed by atoms with Gasteiger partial charge in [0.25, 0.3) is 0 Å². The lowest BCUT2D eigenvalue weighted by atomic mass is 9.66. The van der Waals surface area contributed by atoms with Crippen molar-refractivity contribution in [2.75, 3.05) is 13.2 Å². The number of nitrogens with zero attached hydrogens (tertiary/aromatic N) is 2. The summed E-state index contributed by atoms with van der Waals surface area (Å²) in [7, 11) is 0. The van der Waals surface area contributed by atoms with Gasteiger partial charge in [-0.25, -0.2) is 0 Å². The fraction of sp³-hybridized carbons (Fsp3) is 0.833. The van der Waals surface area contributed by atoms with E-state index < -0.39 is 5.41 Å². The first-order valence-corrected chi connectivity index (χ1v) is 6.42. The number of hydrogen-bond donors (Lipinski definition) is 2. The van der Waals surface area contributed by atoms with Crippen molar-refractivity contribution in [1.82, 2.24) is 4.90 Å². The van der Waals surface area contributed by atoms with E-state index >= 15 is 0 Å². The highest BCUT2D eigenvalue weighted by Crippen LogP contribution is 2.43. The Morgan fingerprint density at radius 3 is 2.67 bits per heavy atom. The van der Waals surface area contributed by atoms with Gasteiger partial charge in [0.1, 0.15) is 5.41 Å². The monoisotopic (exact) mass is 255 g/mol. The summed E-state index contributed by atoms with van der Waals surface area (Å²) in [5.41, 5.74) is 4.94. The topological polar surface area (TPSA) is 88.2 Å². The molecule has 0 spiro atoms. The first-order chi connectivity index (χ1) is 8.51. The van der Waals surface area contributed by atoms with Gasteiger partial charge in [-0.2, -0.15) is 0 Å². The van der Waals surface area contributed by atoms with Crippen molar-refractivity contribution in [3.8, 4) is 0 Å². The Balaban J connectivity index is 2.19. The molecule has 1 saturated heterocycles. The van der Waals surface area contributed by atoms with E-state index in [2.05, 4.69) is 5.16 Å². The number of morpholine rings is 1. The molecule has 2 atom stereocenters. The van der Waals surface area contributed by atoms with E-state index in [1.54, 1.807) is 0 Å². The molecule has 1 aliphatic carbocycles. The van der Waals surface area contributed by atoms with Crippen LogP contribution in [0.3, 0.4) is 0 Å². The Kier molecular flexibility index (Phi) is 3.47. The van der Waals surface area contributed by atoms with E-state index in [4.69, 9.17) is 15.7 Å². The van der Waals surface area contributed by atoms with Gasteiger partial charge in [-0.3, -0.25) is 4.79 Å². The van der Waals surface area contributed by atoms with Crippen LogP contribution in [0.15, 0.2) is 5.16 Å². The predicted molar refractivity (Wildman–Crippen MR) is 66.3 cm³/mol. The molecule has 1 heterocycles. The van der Waals surface area contributed by atoms with Gasteiger partial charge in [0.05, 0.1) is 18.8 Å². The van der Waals surface area contributed by atoms with Crippen LogP contribution >= 0.6 is 0 Å². The molecule has 2 rings (SSSR count). The second-order valence-electron chi connectivity index (χ2n) is 5.37. The summed E-state index contributed by atoms with van der Waals surface area (Å²) in [6, 6.07) is 0.0395. The molecule has 0 aromatic carbocycles. The van der Waals surface area contributed by atoms with Crippen molar-refractivity contribution in [3.05, 3.63) is 0 Å². The molecule has 6 heteroatoms. The smallest absolute Gasteiger partial charge is 0.236 e. The zero-order valence-corrected chi connectivity index (χ0v) is 10.9. The number of rotatable bonds is 2. The highest BCUT2D eigenvalue weighted by atomic mass is 16.5. The zero-order chi connectivity index (χ0) is 13.3. The van der Waals surface area contributed by atoms with Crippen molar-refractivity contribution < 1.29 is 14.7 Å². The summed E-state index contributed by atoms with van der Waals surface area (Å²) in [6.07, 6.45) is 2.31. The minimum absolute atomic E-state index is 0.0216. The van der Waals surface area contributed by atoms with Crippen LogP contribution in [0.1, 0.15) is 33.1 Å². The molecule has 1 amide bonds. The van der Waals surface area contributed by atoms with Crippen LogP contribution in [-0.2, 0) is 9.53 Å². The van der Waals surface area contributed by atoms with E-state index in [1.165, 1.54) is 0 Å². The third kappa shape index (κ3) is 1.94. The molecular formula is C12H21N3O3. The number of nitrogens with two attached hydrogens (primary N) is 1. The zero-order valence-electron chi connectivity index (χ0n) is 10.9. The molecule has 1 aliphatic heterocycles. The molecule has 18 heavy (non-hydrogen) atoms. The second kappa shape index (κ2) is 4.76. The Morgan fingerprint density at radius 2 is 2.17 bits per heavy atom. The standard InChI is InChI=1S/C12H21N3O3/c1-8-7-18-9(2)6-15(8)11(16)12(4-3-5-12)10(13)14-17/h8-9,17H,3-7H2,1-2H3,(H2,13,14). The maximum absolute atomic E-state index is 12.7. The second-order valence-corrected chi connectivity index (χ2v) is 5.37. The summed E-state index contributed by atoms with van der Waals surface area (Å²) >= 11 is 0. The fourth-order valence-corrected chi connectivity index (χ4v) is 2.67. The Bertz CT molecular complexity index is 366. The van der Waals surface area contributed by atoms with Gasteiger partial charge in [-0.05, 0) is 26.7 Å². The third-order valence-corrected chi connectivity index (χ3v) is 4.08. The van der Waals surface area contributed by atoms with Crippen LogP contribution in [0.25, 0.3) is 0 Å². The summed E-state index contributed by atoms with van der Waals surface area (Å²) in [5, 5.41) is 11.9. The third-order valence-electron chi connectivity index (χ3n) is 4.08. The molecule has 1 saturated carbocycles. The largest absolute Gasteiger partial charge is 0.409 e. The molecule has 2 aliphatic rings. The van der Waals surface area contributed by atoms with Crippen molar-refractivity contribution in [2.45, 2.75) is 45.3 Å². The van der Waals surface area contributed by atoms with Gasteiger partial charge in [-0.1, -0.05) is 11.6 Å². The number of oxime groups is 1. The quantitative estimate of drug-likeness (QED) is 0.326. The van der Waals surface area contributed by atoms with Gasteiger partial charge >= 0.3 is 0 Å².